The highest BCUT2D eigenvalue weighted by atomic mass is 16.3. The Hall–Kier alpha value is -2.47. The van der Waals surface area contributed by atoms with Crippen molar-refractivity contribution in [2.75, 3.05) is 5.32 Å². The van der Waals surface area contributed by atoms with Crippen LogP contribution < -0.4 is 5.32 Å². The Morgan fingerprint density at radius 3 is 2.14 bits per heavy atom. The van der Waals surface area contributed by atoms with Crippen LogP contribution in [0.4, 0.5) is 5.69 Å². The average Bonchev–Trinajstić information content (AvgIpc) is 2.48. The summed E-state index contributed by atoms with van der Waals surface area (Å²) in [7, 11) is 0. The molecular weight excluding hydrogens is 260 g/mol. The van der Waals surface area contributed by atoms with E-state index >= 15 is 0 Å². The fraction of sp³-hybridized carbons (Fsp3) is 0.278. The highest BCUT2D eigenvalue weighted by Gasteiger charge is 2.19. The van der Waals surface area contributed by atoms with Crippen LogP contribution in [0.15, 0.2) is 48.5 Å². The maximum absolute atomic E-state index is 9.31. The zero-order valence-electron chi connectivity index (χ0n) is 12.6. The molecule has 0 saturated heterocycles. The molecule has 0 heterocycles. The van der Waals surface area contributed by atoms with Gasteiger partial charge in [-0.1, -0.05) is 24.3 Å². The Kier molecular flexibility index (Phi) is 4.18. The van der Waals surface area contributed by atoms with Gasteiger partial charge in [-0.2, -0.15) is 5.26 Å². The maximum Gasteiger partial charge on any atom is 0.115 e. The summed E-state index contributed by atoms with van der Waals surface area (Å²) in [6.45, 7) is 5.89. The quantitative estimate of drug-likeness (QED) is 0.874. The lowest BCUT2D eigenvalue weighted by Crippen LogP contribution is -2.13. The van der Waals surface area contributed by atoms with E-state index in [1.165, 1.54) is 0 Å². The van der Waals surface area contributed by atoms with Crippen molar-refractivity contribution in [2.45, 2.75) is 32.2 Å². The first kappa shape index (κ1) is 14.9. The molecule has 0 fully saturated rings. The number of phenols is 1. The smallest absolute Gasteiger partial charge is 0.115 e. The fourth-order valence-electron chi connectivity index (χ4n) is 2.14. The van der Waals surface area contributed by atoms with Crippen LogP contribution in [0.1, 0.15) is 37.9 Å². The van der Waals surface area contributed by atoms with Crippen molar-refractivity contribution in [1.29, 1.82) is 5.26 Å². The predicted molar refractivity (Wildman–Crippen MR) is 85.2 cm³/mol. The molecule has 3 nitrogen and oxygen atoms in total. The molecule has 2 aromatic carbocycles. The Labute approximate surface area is 125 Å². The molecule has 3 heteroatoms. The lowest BCUT2D eigenvalue weighted by Gasteiger charge is -2.19. The van der Waals surface area contributed by atoms with Gasteiger partial charge in [0.2, 0.25) is 0 Å². The summed E-state index contributed by atoms with van der Waals surface area (Å²) in [5, 5.41) is 21.9. The van der Waals surface area contributed by atoms with Gasteiger partial charge in [-0.25, -0.2) is 0 Å². The normalized spacial score (nSPS) is 12.5. The Morgan fingerprint density at radius 1 is 1.05 bits per heavy atom. The zero-order valence-corrected chi connectivity index (χ0v) is 12.6. The predicted octanol–water partition coefficient (Wildman–Crippen LogP) is 4.37. The monoisotopic (exact) mass is 280 g/mol. The highest BCUT2D eigenvalue weighted by Crippen LogP contribution is 2.25. The van der Waals surface area contributed by atoms with Crippen LogP contribution in [-0.4, -0.2) is 5.11 Å². The van der Waals surface area contributed by atoms with Gasteiger partial charge in [0.15, 0.2) is 0 Å². The number of nitrogens with one attached hydrogen (secondary N) is 1. The van der Waals surface area contributed by atoms with Crippen molar-refractivity contribution in [3.63, 3.8) is 0 Å². The van der Waals surface area contributed by atoms with Crippen LogP contribution in [0.25, 0.3) is 0 Å². The molecule has 21 heavy (non-hydrogen) atoms. The molecule has 0 bridgehead atoms. The SMILES string of the molecule is CC(Nc1ccc(C(C)(C)C#N)cc1)c1ccc(O)cc1. The molecule has 0 spiro atoms. The number of benzene rings is 2. The summed E-state index contributed by atoms with van der Waals surface area (Å²) >= 11 is 0. The Morgan fingerprint density at radius 2 is 1.62 bits per heavy atom. The lowest BCUT2D eigenvalue weighted by molar-refractivity contribution is 0.475. The fourth-order valence-corrected chi connectivity index (χ4v) is 2.14. The van der Waals surface area contributed by atoms with E-state index in [1.54, 1.807) is 12.1 Å². The van der Waals surface area contributed by atoms with Gasteiger partial charge < -0.3 is 10.4 Å². The van der Waals surface area contributed by atoms with E-state index in [2.05, 4.69) is 18.3 Å². The van der Waals surface area contributed by atoms with E-state index in [1.807, 2.05) is 50.2 Å². The molecule has 0 aliphatic rings. The minimum absolute atomic E-state index is 0.139. The van der Waals surface area contributed by atoms with E-state index in [9.17, 15) is 5.11 Å². The molecule has 1 atom stereocenters. The van der Waals surface area contributed by atoms with Crippen LogP contribution >= 0.6 is 0 Å². The Balaban J connectivity index is 2.10. The van der Waals surface area contributed by atoms with Crippen molar-refractivity contribution < 1.29 is 5.11 Å². The molecular formula is C18H20N2O. The molecule has 0 radical (unpaired) electrons. The van der Waals surface area contributed by atoms with Crippen LogP contribution in [0.2, 0.25) is 0 Å². The standard InChI is InChI=1S/C18H20N2O/c1-13(14-4-10-17(21)11-5-14)20-16-8-6-15(7-9-16)18(2,3)12-19/h4-11,13,20-21H,1-3H3. The van der Waals surface area contributed by atoms with Gasteiger partial charge in [0.1, 0.15) is 5.75 Å². The van der Waals surface area contributed by atoms with Crippen LogP contribution in [0.5, 0.6) is 5.75 Å². The molecule has 0 aliphatic heterocycles. The number of nitriles is 1. The van der Waals surface area contributed by atoms with E-state index in [0.717, 1.165) is 16.8 Å². The second-order valence-corrected chi connectivity index (χ2v) is 5.77. The van der Waals surface area contributed by atoms with E-state index < -0.39 is 5.41 Å². The first-order valence-electron chi connectivity index (χ1n) is 6.99. The number of rotatable bonds is 4. The van der Waals surface area contributed by atoms with Gasteiger partial charge in [-0.15, -0.1) is 0 Å². The second kappa shape index (κ2) is 5.88. The molecule has 0 amide bonds. The molecule has 2 aromatic rings. The minimum Gasteiger partial charge on any atom is -0.508 e. The lowest BCUT2D eigenvalue weighted by atomic mass is 9.86. The van der Waals surface area contributed by atoms with Gasteiger partial charge in [0.05, 0.1) is 11.5 Å². The van der Waals surface area contributed by atoms with Crippen LogP contribution in [0, 0.1) is 11.3 Å². The van der Waals surface area contributed by atoms with E-state index in [0.29, 0.717) is 0 Å². The summed E-state index contributed by atoms with van der Waals surface area (Å²) in [5.74, 6) is 0.272. The summed E-state index contributed by atoms with van der Waals surface area (Å²) in [4.78, 5) is 0. The van der Waals surface area contributed by atoms with Gasteiger partial charge in [0.25, 0.3) is 0 Å². The van der Waals surface area contributed by atoms with Crippen LogP contribution in [-0.2, 0) is 5.41 Å². The van der Waals surface area contributed by atoms with E-state index in [-0.39, 0.29) is 11.8 Å². The molecule has 108 valence electrons. The third kappa shape index (κ3) is 3.55. The summed E-state index contributed by atoms with van der Waals surface area (Å²) in [6.07, 6.45) is 0. The maximum atomic E-state index is 9.31. The average molecular weight is 280 g/mol. The third-order valence-electron chi connectivity index (χ3n) is 3.66. The van der Waals surface area contributed by atoms with E-state index in [4.69, 9.17) is 5.26 Å². The second-order valence-electron chi connectivity index (χ2n) is 5.77. The van der Waals surface area contributed by atoms with Crippen molar-refractivity contribution in [2.24, 2.45) is 0 Å². The van der Waals surface area contributed by atoms with Crippen molar-refractivity contribution >= 4 is 5.69 Å². The Bertz CT molecular complexity index is 636. The highest BCUT2D eigenvalue weighted by molar-refractivity contribution is 5.48. The molecule has 0 aromatic heterocycles. The first-order chi connectivity index (χ1) is 9.92. The molecule has 0 saturated carbocycles. The number of aromatic hydroxyl groups is 1. The number of nitrogens with zero attached hydrogens (tertiary/aromatic N) is 1. The number of hydrogen-bond acceptors (Lipinski definition) is 3. The summed E-state index contributed by atoms with van der Waals surface area (Å²) in [6, 6.07) is 17.6. The first-order valence-corrected chi connectivity index (χ1v) is 6.99. The van der Waals surface area contributed by atoms with Gasteiger partial charge >= 0.3 is 0 Å². The molecule has 2 rings (SSSR count). The number of phenolic OH excluding ortho intramolecular Hbond substituents is 1. The third-order valence-corrected chi connectivity index (χ3v) is 3.66. The van der Waals surface area contributed by atoms with Crippen molar-refractivity contribution in [3.8, 4) is 11.8 Å². The van der Waals surface area contributed by atoms with Gasteiger partial charge in [0, 0.05) is 11.7 Å². The van der Waals surface area contributed by atoms with Gasteiger partial charge in [-0.05, 0) is 56.2 Å². The summed E-state index contributed by atoms with van der Waals surface area (Å²) in [5.41, 5.74) is 2.65. The number of hydrogen-bond donors (Lipinski definition) is 2. The van der Waals surface area contributed by atoms with Crippen LogP contribution in [0.3, 0.4) is 0 Å². The topological polar surface area (TPSA) is 56.0 Å². The van der Waals surface area contributed by atoms with Crippen molar-refractivity contribution in [3.05, 3.63) is 59.7 Å². The molecule has 2 N–H and O–H groups in total. The molecule has 1 unspecified atom stereocenters. The largest absolute Gasteiger partial charge is 0.508 e. The zero-order chi connectivity index (χ0) is 15.5. The van der Waals surface area contributed by atoms with Gasteiger partial charge in [-0.3, -0.25) is 0 Å². The number of anilines is 1. The summed E-state index contributed by atoms with van der Waals surface area (Å²) < 4.78 is 0. The minimum atomic E-state index is -0.471. The van der Waals surface area contributed by atoms with Crippen molar-refractivity contribution in [1.82, 2.24) is 0 Å². The molecule has 0 aliphatic carbocycles.